The number of carbonyl (C=O) groups excluding carboxylic acids is 3. The topological polar surface area (TPSA) is 84.9 Å². The number of amides is 2. The predicted molar refractivity (Wildman–Crippen MR) is 116 cm³/mol. The molecule has 1 aliphatic heterocycles. The fourth-order valence-corrected chi connectivity index (χ4v) is 4.67. The van der Waals surface area contributed by atoms with Gasteiger partial charge < -0.3 is 19.7 Å². The molecular weight excluding hydrogens is 396 g/mol. The Kier molecular flexibility index (Phi) is 8.32. The fraction of sp³-hybridized carbons (Fsp3) is 0.625. The second kappa shape index (κ2) is 11.2. The highest BCUT2D eigenvalue weighted by Crippen LogP contribution is 2.41. The number of methoxy groups -OCH3 is 1. The number of nitrogens with zero attached hydrogens (tertiary/aromatic N) is 1. The third-order valence-electron chi connectivity index (χ3n) is 6.29. The van der Waals surface area contributed by atoms with Gasteiger partial charge in [0, 0.05) is 24.6 Å². The maximum atomic E-state index is 13.1. The van der Waals surface area contributed by atoms with Gasteiger partial charge in [-0.2, -0.15) is 0 Å². The first kappa shape index (κ1) is 23.1. The Hall–Kier alpha value is -2.57. The van der Waals surface area contributed by atoms with Crippen LogP contribution >= 0.6 is 0 Å². The van der Waals surface area contributed by atoms with E-state index in [1.54, 1.807) is 12.0 Å². The van der Waals surface area contributed by atoms with Crippen molar-refractivity contribution in [2.24, 2.45) is 5.92 Å². The van der Waals surface area contributed by atoms with Crippen molar-refractivity contribution in [1.82, 2.24) is 10.2 Å². The summed E-state index contributed by atoms with van der Waals surface area (Å²) in [6.45, 7) is 2.36. The lowest BCUT2D eigenvalue weighted by atomic mass is 9.83. The van der Waals surface area contributed by atoms with Gasteiger partial charge in [0.15, 0.2) is 6.61 Å². The number of benzene rings is 1. The molecule has 1 saturated heterocycles. The van der Waals surface area contributed by atoms with E-state index in [1.165, 1.54) is 0 Å². The Morgan fingerprint density at radius 2 is 1.90 bits per heavy atom. The van der Waals surface area contributed by atoms with Crippen molar-refractivity contribution in [2.45, 2.75) is 70.4 Å². The van der Waals surface area contributed by atoms with Crippen LogP contribution in [-0.2, 0) is 19.1 Å². The molecule has 0 aromatic heterocycles. The average Bonchev–Trinajstić information content (AvgIpc) is 3.29. The molecule has 31 heavy (non-hydrogen) atoms. The van der Waals surface area contributed by atoms with E-state index >= 15 is 0 Å². The van der Waals surface area contributed by atoms with Crippen LogP contribution in [0.25, 0.3) is 0 Å². The molecule has 2 unspecified atom stereocenters. The van der Waals surface area contributed by atoms with Crippen molar-refractivity contribution in [2.75, 3.05) is 20.3 Å². The van der Waals surface area contributed by atoms with Gasteiger partial charge in [0.1, 0.15) is 5.75 Å². The number of likely N-dealkylation sites (tertiary alicyclic amines) is 1. The molecule has 7 nitrogen and oxygen atoms in total. The van der Waals surface area contributed by atoms with Gasteiger partial charge >= 0.3 is 5.97 Å². The molecule has 0 spiro atoms. The summed E-state index contributed by atoms with van der Waals surface area (Å²) in [5, 5.41) is 2.94. The van der Waals surface area contributed by atoms with Gasteiger partial charge in [-0.1, -0.05) is 44.4 Å². The number of hydrogen-bond donors (Lipinski definition) is 1. The highest BCUT2D eigenvalue weighted by Gasteiger charge is 2.42. The summed E-state index contributed by atoms with van der Waals surface area (Å²) < 4.78 is 11.0. The van der Waals surface area contributed by atoms with Crippen molar-refractivity contribution in [3.63, 3.8) is 0 Å². The molecule has 1 N–H and O–H groups in total. The molecule has 7 heteroatoms. The van der Waals surface area contributed by atoms with Crippen LogP contribution in [0.5, 0.6) is 5.75 Å². The number of rotatable bonds is 9. The van der Waals surface area contributed by atoms with E-state index in [0.717, 1.165) is 44.1 Å². The minimum atomic E-state index is -0.537. The third-order valence-corrected chi connectivity index (χ3v) is 6.29. The van der Waals surface area contributed by atoms with Gasteiger partial charge in [0.05, 0.1) is 19.1 Å². The van der Waals surface area contributed by atoms with Crippen molar-refractivity contribution in [3.05, 3.63) is 29.8 Å². The molecule has 1 aliphatic carbocycles. The number of nitrogens with one attached hydrogen (secondary N) is 1. The molecule has 1 saturated carbocycles. The standard InChI is InChI=1S/C24H34N2O5/c1-3-4-15-26-22(28)14-13-19(23(26)18-11-7-8-12-20(18)30-2)24(29)31-16-21(27)25-17-9-5-6-10-17/h7-8,11-12,17,19,23H,3-6,9-10,13-16H2,1-2H3,(H,25,27). The van der Waals surface area contributed by atoms with Crippen LogP contribution in [0.15, 0.2) is 24.3 Å². The quantitative estimate of drug-likeness (QED) is 0.607. The smallest absolute Gasteiger partial charge is 0.311 e. The Morgan fingerprint density at radius 1 is 1.16 bits per heavy atom. The van der Waals surface area contributed by atoms with Crippen molar-refractivity contribution < 1.29 is 23.9 Å². The highest BCUT2D eigenvalue weighted by molar-refractivity contribution is 5.85. The number of carbonyl (C=O) groups is 3. The van der Waals surface area contributed by atoms with Crippen LogP contribution in [0.1, 0.15) is 69.9 Å². The zero-order valence-corrected chi connectivity index (χ0v) is 18.6. The van der Waals surface area contributed by atoms with E-state index in [4.69, 9.17) is 9.47 Å². The van der Waals surface area contributed by atoms with E-state index in [0.29, 0.717) is 25.1 Å². The predicted octanol–water partition coefficient (Wildman–Crippen LogP) is 3.38. The summed E-state index contributed by atoms with van der Waals surface area (Å²) in [4.78, 5) is 39.9. The molecule has 170 valence electrons. The number of hydrogen-bond acceptors (Lipinski definition) is 5. The maximum Gasteiger partial charge on any atom is 0.311 e. The normalized spacial score (nSPS) is 21.7. The van der Waals surface area contributed by atoms with Crippen LogP contribution in [0, 0.1) is 5.92 Å². The molecule has 2 fully saturated rings. The van der Waals surface area contributed by atoms with E-state index in [9.17, 15) is 14.4 Å². The number of unbranched alkanes of at least 4 members (excludes halogenated alkanes) is 1. The number of piperidine rings is 1. The van der Waals surface area contributed by atoms with Crippen LogP contribution in [0.3, 0.4) is 0 Å². The van der Waals surface area contributed by atoms with E-state index in [-0.39, 0.29) is 24.5 Å². The number of ether oxygens (including phenoxy) is 2. The first-order chi connectivity index (χ1) is 15.0. The molecule has 0 bridgehead atoms. The Morgan fingerprint density at radius 3 is 2.61 bits per heavy atom. The molecule has 2 amide bonds. The summed E-state index contributed by atoms with van der Waals surface area (Å²) in [6, 6.07) is 7.20. The van der Waals surface area contributed by atoms with Crippen LogP contribution in [-0.4, -0.2) is 49.0 Å². The van der Waals surface area contributed by atoms with Crippen molar-refractivity contribution >= 4 is 17.8 Å². The second-order valence-corrected chi connectivity index (χ2v) is 8.43. The summed E-state index contributed by atoms with van der Waals surface area (Å²) in [5.74, 6) is -0.562. The van der Waals surface area contributed by atoms with E-state index in [1.807, 2.05) is 24.3 Å². The van der Waals surface area contributed by atoms with Gasteiger partial charge in [0.25, 0.3) is 5.91 Å². The van der Waals surface area contributed by atoms with E-state index in [2.05, 4.69) is 12.2 Å². The monoisotopic (exact) mass is 430 g/mol. The molecule has 1 aromatic rings. The summed E-state index contributed by atoms with van der Waals surface area (Å²) >= 11 is 0. The fourth-order valence-electron chi connectivity index (χ4n) is 4.67. The van der Waals surface area contributed by atoms with Gasteiger partial charge in [-0.25, -0.2) is 0 Å². The average molecular weight is 431 g/mol. The number of esters is 1. The molecule has 1 aromatic carbocycles. The van der Waals surface area contributed by atoms with Crippen LogP contribution in [0.2, 0.25) is 0 Å². The summed E-state index contributed by atoms with van der Waals surface area (Å²) in [6.07, 6.45) is 6.68. The molecular formula is C24H34N2O5. The minimum absolute atomic E-state index is 0.0346. The highest BCUT2D eigenvalue weighted by atomic mass is 16.5. The zero-order chi connectivity index (χ0) is 22.2. The Labute approximate surface area is 184 Å². The maximum absolute atomic E-state index is 13.1. The first-order valence-corrected chi connectivity index (χ1v) is 11.4. The third kappa shape index (κ3) is 5.77. The van der Waals surface area contributed by atoms with Gasteiger partial charge in [0.2, 0.25) is 5.91 Å². The van der Waals surface area contributed by atoms with E-state index < -0.39 is 17.9 Å². The van der Waals surface area contributed by atoms with Gasteiger partial charge in [-0.05, 0) is 31.7 Å². The lowest BCUT2D eigenvalue weighted by Crippen LogP contribution is -2.46. The SMILES string of the molecule is CCCCN1C(=O)CCC(C(=O)OCC(=O)NC2CCCC2)C1c1ccccc1OC. The van der Waals surface area contributed by atoms with Gasteiger partial charge in [-0.3, -0.25) is 14.4 Å². The molecule has 2 atom stereocenters. The molecule has 1 heterocycles. The van der Waals surface area contributed by atoms with Crippen LogP contribution < -0.4 is 10.1 Å². The van der Waals surface area contributed by atoms with Crippen molar-refractivity contribution in [1.29, 1.82) is 0 Å². The van der Waals surface area contributed by atoms with Gasteiger partial charge in [-0.15, -0.1) is 0 Å². The second-order valence-electron chi connectivity index (χ2n) is 8.43. The lowest BCUT2D eigenvalue weighted by Gasteiger charge is -2.40. The Bertz CT molecular complexity index is 775. The molecule has 2 aliphatic rings. The zero-order valence-electron chi connectivity index (χ0n) is 18.6. The summed E-state index contributed by atoms with van der Waals surface area (Å²) in [7, 11) is 1.58. The number of para-hydroxylation sites is 1. The van der Waals surface area contributed by atoms with Crippen molar-refractivity contribution in [3.8, 4) is 5.75 Å². The largest absolute Gasteiger partial charge is 0.496 e. The first-order valence-electron chi connectivity index (χ1n) is 11.4. The molecule has 0 radical (unpaired) electrons. The minimum Gasteiger partial charge on any atom is -0.496 e. The Balaban J connectivity index is 1.76. The lowest BCUT2D eigenvalue weighted by molar-refractivity contribution is -0.160. The molecule has 3 rings (SSSR count). The summed E-state index contributed by atoms with van der Waals surface area (Å²) in [5.41, 5.74) is 0.798. The van der Waals surface area contributed by atoms with Crippen LogP contribution in [0.4, 0.5) is 0 Å².